The molecule has 1 heterocycles. The second kappa shape index (κ2) is 4.56. The molecule has 0 aliphatic rings. The lowest BCUT2D eigenvalue weighted by Crippen LogP contribution is -2.02. The van der Waals surface area contributed by atoms with Gasteiger partial charge in [-0.05, 0) is 19.4 Å². The number of hydrogen-bond donors (Lipinski definition) is 1. The van der Waals surface area contributed by atoms with Gasteiger partial charge in [0.05, 0.1) is 5.57 Å². The number of aromatic nitrogens is 1. The molecule has 1 N–H and O–H groups in total. The van der Waals surface area contributed by atoms with Crippen LogP contribution in [0.1, 0.15) is 24.6 Å². The maximum absolute atomic E-state index is 10.9. The van der Waals surface area contributed by atoms with Gasteiger partial charge in [-0.2, -0.15) is 0 Å². The highest BCUT2D eigenvalue weighted by atomic mass is 16.4. The van der Waals surface area contributed by atoms with Gasteiger partial charge in [-0.15, -0.1) is 0 Å². The van der Waals surface area contributed by atoms with E-state index in [1.165, 1.54) is 0 Å². The Morgan fingerprint density at radius 3 is 2.86 bits per heavy atom. The van der Waals surface area contributed by atoms with E-state index >= 15 is 0 Å². The topological polar surface area (TPSA) is 50.2 Å². The average Bonchev–Trinajstić information content (AvgIpc) is 2.15. The fourth-order valence-corrected chi connectivity index (χ4v) is 1.29. The monoisotopic (exact) mass is 191 g/mol. The number of aliphatic carboxylic acids is 1. The summed E-state index contributed by atoms with van der Waals surface area (Å²) < 4.78 is 0. The van der Waals surface area contributed by atoms with Crippen molar-refractivity contribution >= 4 is 11.5 Å². The Hall–Kier alpha value is -1.64. The standard InChI is InChI=1S/C11H13NO2/c1-3-5-10(11(13)14)9-6-4-7-12-8(9)2/h4-7H,3H2,1-2H3,(H,13,14). The molecule has 1 aromatic rings. The van der Waals surface area contributed by atoms with E-state index in [0.29, 0.717) is 17.6 Å². The third-order valence-corrected chi connectivity index (χ3v) is 1.94. The molecular weight excluding hydrogens is 178 g/mol. The summed E-state index contributed by atoms with van der Waals surface area (Å²) in [4.78, 5) is 15.0. The molecule has 0 saturated carbocycles. The lowest BCUT2D eigenvalue weighted by atomic mass is 10.0. The Balaban J connectivity index is 3.19. The fourth-order valence-electron chi connectivity index (χ4n) is 1.29. The summed E-state index contributed by atoms with van der Waals surface area (Å²) in [5.41, 5.74) is 1.77. The molecule has 0 atom stereocenters. The van der Waals surface area contributed by atoms with Gasteiger partial charge < -0.3 is 5.11 Å². The van der Waals surface area contributed by atoms with E-state index in [0.717, 1.165) is 5.69 Å². The Morgan fingerprint density at radius 2 is 2.36 bits per heavy atom. The molecule has 1 aromatic heterocycles. The van der Waals surface area contributed by atoms with Crippen molar-refractivity contribution < 1.29 is 9.90 Å². The van der Waals surface area contributed by atoms with E-state index in [1.807, 2.05) is 13.8 Å². The molecule has 0 unspecified atom stereocenters. The third kappa shape index (κ3) is 2.19. The van der Waals surface area contributed by atoms with Crippen LogP contribution in [-0.4, -0.2) is 16.1 Å². The molecule has 1 rings (SSSR count). The van der Waals surface area contributed by atoms with E-state index in [1.54, 1.807) is 24.4 Å². The number of allylic oxidation sites excluding steroid dienone is 1. The van der Waals surface area contributed by atoms with E-state index in [4.69, 9.17) is 5.11 Å². The van der Waals surface area contributed by atoms with Crippen LogP contribution in [0.5, 0.6) is 0 Å². The molecule has 3 nitrogen and oxygen atoms in total. The highest BCUT2D eigenvalue weighted by Gasteiger charge is 2.11. The maximum Gasteiger partial charge on any atom is 0.336 e. The number of hydrogen-bond acceptors (Lipinski definition) is 2. The molecule has 74 valence electrons. The summed E-state index contributed by atoms with van der Waals surface area (Å²) in [6.45, 7) is 3.72. The van der Waals surface area contributed by atoms with Crippen LogP contribution in [0.25, 0.3) is 5.57 Å². The number of carboxylic acid groups (broad SMARTS) is 1. The second-order valence-corrected chi connectivity index (χ2v) is 2.97. The van der Waals surface area contributed by atoms with Crippen molar-refractivity contribution in [3.8, 4) is 0 Å². The first-order valence-electron chi connectivity index (χ1n) is 4.52. The Bertz CT molecular complexity index is 369. The number of aryl methyl sites for hydroxylation is 1. The van der Waals surface area contributed by atoms with Crippen molar-refractivity contribution in [2.24, 2.45) is 0 Å². The van der Waals surface area contributed by atoms with Crippen molar-refractivity contribution in [3.63, 3.8) is 0 Å². The van der Waals surface area contributed by atoms with Gasteiger partial charge in [-0.25, -0.2) is 4.79 Å². The molecule has 0 aliphatic heterocycles. The number of nitrogens with zero attached hydrogens (tertiary/aromatic N) is 1. The van der Waals surface area contributed by atoms with E-state index in [-0.39, 0.29) is 0 Å². The van der Waals surface area contributed by atoms with Gasteiger partial charge in [-0.1, -0.05) is 19.1 Å². The lowest BCUT2D eigenvalue weighted by molar-refractivity contribution is -0.130. The first-order valence-corrected chi connectivity index (χ1v) is 4.52. The number of carboxylic acids is 1. The highest BCUT2D eigenvalue weighted by Crippen LogP contribution is 2.17. The minimum Gasteiger partial charge on any atom is -0.478 e. The largest absolute Gasteiger partial charge is 0.478 e. The van der Waals surface area contributed by atoms with E-state index in [9.17, 15) is 4.79 Å². The number of rotatable bonds is 3. The second-order valence-electron chi connectivity index (χ2n) is 2.97. The van der Waals surface area contributed by atoms with Crippen LogP contribution < -0.4 is 0 Å². The van der Waals surface area contributed by atoms with Gasteiger partial charge in [0.2, 0.25) is 0 Å². The van der Waals surface area contributed by atoms with Gasteiger partial charge in [-0.3, -0.25) is 4.98 Å². The minimum atomic E-state index is -0.900. The van der Waals surface area contributed by atoms with Crippen molar-refractivity contribution in [1.82, 2.24) is 4.98 Å². The molecule has 0 fully saturated rings. The Kier molecular flexibility index (Phi) is 3.40. The summed E-state index contributed by atoms with van der Waals surface area (Å²) in [5, 5.41) is 8.99. The van der Waals surface area contributed by atoms with Gasteiger partial charge in [0.1, 0.15) is 0 Å². The molecule has 0 saturated heterocycles. The molecule has 0 bridgehead atoms. The molecule has 0 spiro atoms. The fraction of sp³-hybridized carbons (Fsp3) is 0.273. The number of carbonyl (C=O) groups is 1. The first kappa shape index (κ1) is 10.4. The van der Waals surface area contributed by atoms with Crippen molar-refractivity contribution in [2.45, 2.75) is 20.3 Å². The Morgan fingerprint density at radius 1 is 1.64 bits per heavy atom. The summed E-state index contributed by atoms with van der Waals surface area (Å²) in [6.07, 6.45) is 4.06. The SMILES string of the molecule is CCC=C(C(=O)O)c1cccnc1C. The van der Waals surface area contributed by atoms with Gasteiger partial charge in [0.15, 0.2) is 0 Å². The predicted octanol–water partition coefficient (Wildman–Crippen LogP) is 2.27. The van der Waals surface area contributed by atoms with Crippen LogP contribution in [0.2, 0.25) is 0 Å². The zero-order chi connectivity index (χ0) is 10.6. The summed E-state index contributed by atoms with van der Waals surface area (Å²) >= 11 is 0. The van der Waals surface area contributed by atoms with Crippen LogP contribution in [0, 0.1) is 6.92 Å². The van der Waals surface area contributed by atoms with E-state index < -0.39 is 5.97 Å². The molecular formula is C11H13NO2. The average molecular weight is 191 g/mol. The summed E-state index contributed by atoms with van der Waals surface area (Å²) in [5.74, 6) is -0.900. The third-order valence-electron chi connectivity index (χ3n) is 1.94. The molecule has 0 aliphatic carbocycles. The minimum absolute atomic E-state index is 0.332. The quantitative estimate of drug-likeness (QED) is 0.745. The normalized spacial score (nSPS) is 11.4. The first-order chi connectivity index (χ1) is 6.66. The van der Waals surface area contributed by atoms with Crippen molar-refractivity contribution in [2.75, 3.05) is 0 Å². The molecule has 0 aromatic carbocycles. The summed E-state index contributed by atoms with van der Waals surface area (Å²) in [7, 11) is 0. The molecule has 0 radical (unpaired) electrons. The van der Waals surface area contributed by atoms with Gasteiger partial charge >= 0.3 is 5.97 Å². The summed E-state index contributed by atoms with van der Waals surface area (Å²) in [6, 6.07) is 3.52. The highest BCUT2D eigenvalue weighted by molar-refractivity contribution is 6.15. The van der Waals surface area contributed by atoms with Crippen molar-refractivity contribution in [1.29, 1.82) is 0 Å². The van der Waals surface area contributed by atoms with E-state index in [2.05, 4.69) is 4.98 Å². The smallest absolute Gasteiger partial charge is 0.336 e. The zero-order valence-electron chi connectivity index (χ0n) is 8.32. The van der Waals surface area contributed by atoms with Gasteiger partial charge in [0.25, 0.3) is 0 Å². The molecule has 14 heavy (non-hydrogen) atoms. The van der Waals surface area contributed by atoms with Crippen LogP contribution in [-0.2, 0) is 4.79 Å². The van der Waals surface area contributed by atoms with Crippen LogP contribution in [0.4, 0.5) is 0 Å². The zero-order valence-corrected chi connectivity index (χ0v) is 8.32. The number of pyridine rings is 1. The van der Waals surface area contributed by atoms with Crippen molar-refractivity contribution in [3.05, 3.63) is 35.7 Å². The van der Waals surface area contributed by atoms with Crippen LogP contribution in [0.3, 0.4) is 0 Å². The lowest BCUT2D eigenvalue weighted by Gasteiger charge is -2.04. The maximum atomic E-state index is 10.9. The predicted molar refractivity (Wildman–Crippen MR) is 54.9 cm³/mol. The van der Waals surface area contributed by atoms with Crippen LogP contribution >= 0.6 is 0 Å². The van der Waals surface area contributed by atoms with Gasteiger partial charge in [0, 0.05) is 17.5 Å². The van der Waals surface area contributed by atoms with Crippen LogP contribution in [0.15, 0.2) is 24.4 Å². The Labute approximate surface area is 83.1 Å². The molecule has 3 heteroatoms. The molecule has 0 amide bonds.